The molecule has 3 N–H and O–H groups in total. The van der Waals surface area contributed by atoms with E-state index in [4.69, 9.17) is 5.11 Å². The Morgan fingerprint density at radius 2 is 1.96 bits per heavy atom. The largest absolute Gasteiger partial charge is 0.478 e. The minimum atomic E-state index is -4.20. The van der Waals surface area contributed by atoms with Crippen LogP contribution in [0.25, 0.3) is 0 Å². The molecule has 0 bridgehead atoms. The minimum Gasteiger partial charge on any atom is -0.478 e. The lowest BCUT2D eigenvalue weighted by molar-refractivity contribution is -0.121. The van der Waals surface area contributed by atoms with E-state index in [2.05, 4.69) is 10.0 Å². The number of hydrogen-bond donors (Lipinski definition) is 3. The molecular weight excluding hydrogens is 365 g/mol. The van der Waals surface area contributed by atoms with E-state index in [1.54, 1.807) is 7.05 Å². The summed E-state index contributed by atoms with van der Waals surface area (Å²) in [5, 5.41) is 11.5. The van der Waals surface area contributed by atoms with Gasteiger partial charge < -0.3 is 10.4 Å². The van der Waals surface area contributed by atoms with Crippen molar-refractivity contribution in [3.05, 3.63) is 29.6 Å². The van der Waals surface area contributed by atoms with Crippen LogP contribution in [0.4, 0.5) is 4.39 Å². The summed E-state index contributed by atoms with van der Waals surface area (Å²) in [5.74, 6) is -2.44. The van der Waals surface area contributed by atoms with Crippen LogP contribution in [0.3, 0.4) is 0 Å². The number of carbonyl (C=O) groups excluding carboxylic acids is 1. The molecule has 1 aliphatic rings. The average Bonchev–Trinajstić information content (AvgIpc) is 2.93. The number of hydrogen-bond acceptors (Lipinski definition) is 5. The molecule has 26 heavy (non-hydrogen) atoms. The highest BCUT2D eigenvalue weighted by atomic mass is 32.2. The number of rotatable bonds is 7. The molecule has 0 saturated carbocycles. The molecule has 2 atom stereocenters. The summed E-state index contributed by atoms with van der Waals surface area (Å²) >= 11 is 0. The Kier molecular flexibility index (Phi) is 6.32. The maximum Gasteiger partial charge on any atom is 0.335 e. The summed E-state index contributed by atoms with van der Waals surface area (Å²) in [6.45, 7) is 0.0415. The van der Waals surface area contributed by atoms with Gasteiger partial charge in [0.2, 0.25) is 15.9 Å². The van der Waals surface area contributed by atoms with E-state index in [9.17, 15) is 22.4 Å². The number of nitrogens with one attached hydrogen (secondary N) is 2. The zero-order valence-corrected chi connectivity index (χ0v) is 15.3. The first-order valence-electron chi connectivity index (χ1n) is 8.10. The third-order valence-electron chi connectivity index (χ3n) is 4.66. The normalized spacial score (nSPS) is 20.9. The van der Waals surface area contributed by atoms with Crippen LogP contribution in [0.5, 0.6) is 0 Å². The van der Waals surface area contributed by atoms with Crippen LogP contribution >= 0.6 is 0 Å². The van der Waals surface area contributed by atoms with Gasteiger partial charge in [-0.05, 0) is 38.1 Å². The van der Waals surface area contributed by atoms with E-state index < -0.39 is 26.7 Å². The highest BCUT2D eigenvalue weighted by Gasteiger charge is 2.32. The lowest BCUT2D eigenvalue weighted by Crippen LogP contribution is -2.42. The van der Waals surface area contributed by atoms with Crippen molar-refractivity contribution in [1.29, 1.82) is 0 Å². The van der Waals surface area contributed by atoms with E-state index in [-0.39, 0.29) is 30.1 Å². The third-order valence-corrected chi connectivity index (χ3v) is 6.10. The Morgan fingerprint density at radius 1 is 1.31 bits per heavy atom. The molecule has 8 nitrogen and oxygen atoms in total. The van der Waals surface area contributed by atoms with Crippen LogP contribution in [0.2, 0.25) is 0 Å². The topological polar surface area (TPSA) is 116 Å². The summed E-state index contributed by atoms with van der Waals surface area (Å²) in [6.07, 6.45) is 1.77. The Bertz CT molecular complexity index is 799. The summed E-state index contributed by atoms with van der Waals surface area (Å²) in [5.41, 5.74) is -0.310. The molecule has 1 aliphatic heterocycles. The van der Waals surface area contributed by atoms with Gasteiger partial charge in [-0.2, -0.15) is 0 Å². The maximum atomic E-state index is 13.9. The van der Waals surface area contributed by atoms with Gasteiger partial charge in [0.25, 0.3) is 0 Å². The van der Waals surface area contributed by atoms with Crippen LogP contribution in [0, 0.1) is 5.82 Å². The first-order chi connectivity index (χ1) is 12.2. The van der Waals surface area contributed by atoms with Gasteiger partial charge in [-0.1, -0.05) is 0 Å². The summed E-state index contributed by atoms with van der Waals surface area (Å²) in [7, 11) is -0.828. The fraction of sp³-hybridized carbons (Fsp3) is 0.500. The predicted molar refractivity (Wildman–Crippen MR) is 91.8 cm³/mol. The monoisotopic (exact) mass is 387 g/mol. The number of aromatic carboxylic acids is 1. The zero-order chi connectivity index (χ0) is 19.5. The van der Waals surface area contributed by atoms with Crippen LogP contribution in [0.15, 0.2) is 23.1 Å². The molecule has 144 valence electrons. The lowest BCUT2D eigenvalue weighted by Gasteiger charge is -2.25. The van der Waals surface area contributed by atoms with Crippen molar-refractivity contribution < 1.29 is 27.5 Å². The number of sulfonamides is 1. The fourth-order valence-corrected chi connectivity index (χ4v) is 4.20. The second kappa shape index (κ2) is 8.11. The minimum absolute atomic E-state index is 0.0107. The molecule has 0 radical (unpaired) electrons. The molecule has 1 amide bonds. The van der Waals surface area contributed by atoms with E-state index in [1.807, 2.05) is 11.9 Å². The number of halogens is 1. The number of amides is 1. The third kappa shape index (κ3) is 4.57. The number of nitrogens with zero attached hydrogens (tertiary/aromatic N) is 1. The van der Waals surface area contributed by atoms with Crippen molar-refractivity contribution in [3.8, 4) is 0 Å². The Morgan fingerprint density at radius 3 is 2.58 bits per heavy atom. The van der Waals surface area contributed by atoms with Gasteiger partial charge >= 0.3 is 5.97 Å². The number of benzene rings is 1. The van der Waals surface area contributed by atoms with E-state index in [0.717, 1.165) is 24.6 Å². The summed E-state index contributed by atoms with van der Waals surface area (Å²) in [6, 6.07) is 2.50. The number of carbonyl (C=O) groups is 2. The van der Waals surface area contributed by atoms with Crippen LogP contribution in [-0.2, 0) is 14.8 Å². The maximum absolute atomic E-state index is 13.9. The Labute approximate surface area is 151 Å². The molecule has 1 heterocycles. The second-order valence-electron chi connectivity index (χ2n) is 6.23. The van der Waals surface area contributed by atoms with Crippen molar-refractivity contribution in [1.82, 2.24) is 14.9 Å². The van der Waals surface area contributed by atoms with Gasteiger partial charge in [0.05, 0.1) is 5.56 Å². The molecule has 0 spiro atoms. The number of carboxylic acid groups (broad SMARTS) is 1. The van der Waals surface area contributed by atoms with Crippen LogP contribution in [-0.4, -0.2) is 63.0 Å². The van der Waals surface area contributed by atoms with Gasteiger partial charge in [-0.25, -0.2) is 22.3 Å². The SMILES string of the molecule is CNC(=O)C[C@H]1CC[C@@H](CNS(=O)(=O)c2cc(C(=O)O)ccc2F)N1C. The lowest BCUT2D eigenvalue weighted by atomic mass is 10.1. The Hall–Kier alpha value is -2.04. The average molecular weight is 387 g/mol. The second-order valence-corrected chi connectivity index (χ2v) is 7.97. The molecule has 0 aliphatic carbocycles. The first-order valence-corrected chi connectivity index (χ1v) is 9.59. The van der Waals surface area contributed by atoms with Gasteiger partial charge in [0.1, 0.15) is 10.7 Å². The smallest absolute Gasteiger partial charge is 0.335 e. The van der Waals surface area contributed by atoms with E-state index in [1.165, 1.54) is 0 Å². The molecule has 0 aromatic heterocycles. The van der Waals surface area contributed by atoms with Gasteiger partial charge in [-0.3, -0.25) is 9.69 Å². The van der Waals surface area contributed by atoms with Crippen LogP contribution in [0.1, 0.15) is 29.6 Å². The molecule has 1 fully saturated rings. The molecule has 1 aromatic carbocycles. The highest BCUT2D eigenvalue weighted by Crippen LogP contribution is 2.25. The molecule has 2 rings (SSSR count). The van der Waals surface area contributed by atoms with Crippen molar-refractivity contribution >= 4 is 21.9 Å². The molecule has 1 aromatic rings. The van der Waals surface area contributed by atoms with Gasteiger partial charge in [-0.15, -0.1) is 0 Å². The molecule has 10 heteroatoms. The molecular formula is C16H22FN3O5S. The summed E-state index contributed by atoms with van der Waals surface area (Å²) < 4.78 is 41.0. The van der Waals surface area contributed by atoms with Gasteiger partial charge in [0.15, 0.2) is 0 Å². The standard InChI is InChI=1S/C16H22FN3O5S/c1-18-15(21)8-11-4-5-12(20(11)2)9-19-26(24,25)14-7-10(16(22)23)3-6-13(14)17/h3,6-7,11-12,19H,4-5,8-9H2,1-2H3,(H,18,21)(H,22,23)/t11-,12+/m1/s1. The van der Waals surface area contributed by atoms with Crippen LogP contribution < -0.4 is 10.0 Å². The summed E-state index contributed by atoms with van der Waals surface area (Å²) in [4.78, 5) is 23.7. The Balaban J connectivity index is 2.06. The van der Waals surface area contributed by atoms with Crippen molar-refractivity contribution in [2.75, 3.05) is 20.6 Å². The predicted octanol–water partition coefficient (Wildman–Crippen LogP) is 0.401. The quantitative estimate of drug-likeness (QED) is 0.624. The molecule has 0 unspecified atom stereocenters. The fourth-order valence-electron chi connectivity index (χ4n) is 3.02. The van der Waals surface area contributed by atoms with Crippen molar-refractivity contribution in [2.45, 2.75) is 36.2 Å². The number of likely N-dealkylation sites (tertiary alicyclic amines) is 1. The highest BCUT2D eigenvalue weighted by molar-refractivity contribution is 7.89. The van der Waals surface area contributed by atoms with Crippen molar-refractivity contribution in [3.63, 3.8) is 0 Å². The molecule has 1 saturated heterocycles. The van der Waals surface area contributed by atoms with E-state index in [0.29, 0.717) is 12.8 Å². The van der Waals surface area contributed by atoms with E-state index >= 15 is 0 Å². The van der Waals surface area contributed by atoms with Crippen molar-refractivity contribution in [2.24, 2.45) is 0 Å². The number of likely N-dealkylation sites (N-methyl/N-ethyl adjacent to an activating group) is 1. The zero-order valence-electron chi connectivity index (χ0n) is 14.5. The first kappa shape index (κ1) is 20.3. The number of carboxylic acids is 1. The van der Waals surface area contributed by atoms with Gasteiger partial charge in [0, 0.05) is 32.1 Å².